The van der Waals surface area contributed by atoms with E-state index < -0.39 is 27.8 Å². The summed E-state index contributed by atoms with van der Waals surface area (Å²) in [6.45, 7) is 0.124. The number of hydrogen-bond acceptors (Lipinski definition) is 5. The first-order valence-corrected chi connectivity index (χ1v) is 15.5. The zero-order chi connectivity index (χ0) is 29.6. The summed E-state index contributed by atoms with van der Waals surface area (Å²) in [5.41, 5.74) is 2.85. The van der Waals surface area contributed by atoms with Gasteiger partial charge in [0.15, 0.2) is 9.84 Å². The van der Waals surface area contributed by atoms with E-state index in [2.05, 4.69) is 5.32 Å². The molecule has 4 aromatic carbocycles. The molecule has 1 N–H and O–H groups in total. The fourth-order valence-corrected chi connectivity index (χ4v) is 5.62. The molecule has 0 heterocycles. The molecule has 0 spiro atoms. The Hall–Kier alpha value is -4.49. The highest BCUT2D eigenvalue weighted by Gasteiger charge is 2.25. The van der Waals surface area contributed by atoms with E-state index in [1.54, 1.807) is 18.2 Å². The third-order valence-corrected chi connectivity index (χ3v) is 8.27. The Labute approximate surface area is 248 Å². The van der Waals surface area contributed by atoms with Gasteiger partial charge in [-0.3, -0.25) is 9.59 Å². The number of benzene rings is 4. The molecule has 0 bridgehead atoms. The Morgan fingerprint density at radius 1 is 0.714 bits per heavy atom. The molecule has 0 aliphatic rings. The highest BCUT2D eigenvalue weighted by molar-refractivity contribution is 7.94. The van der Waals surface area contributed by atoms with Gasteiger partial charge in [0, 0.05) is 11.4 Å². The SMILES string of the molecule is O=C(CC(Cc1ccccc1)C(=O)N[C@H](/C=C/S(=O)(=O)c1ccccc1)CCc1ccccc1)OCc1ccccc1. The lowest BCUT2D eigenvalue weighted by atomic mass is 9.94. The zero-order valence-corrected chi connectivity index (χ0v) is 24.2. The molecule has 4 rings (SSSR count). The maximum Gasteiger partial charge on any atom is 0.306 e. The van der Waals surface area contributed by atoms with Crippen LogP contribution in [0.5, 0.6) is 0 Å². The Morgan fingerprint density at radius 3 is 1.83 bits per heavy atom. The zero-order valence-electron chi connectivity index (χ0n) is 23.3. The van der Waals surface area contributed by atoms with E-state index >= 15 is 0 Å². The van der Waals surface area contributed by atoms with Crippen LogP contribution in [0.15, 0.2) is 138 Å². The Balaban J connectivity index is 1.50. The molecule has 2 atom stereocenters. The summed E-state index contributed by atoms with van der Waals surface area (Å²) in [6, 6.07) is 36.2. The summed E-state index contributed by atoms with van der Waals surface area (Å²) in [6.07, 6.45) is 2.86. The number of sulfone groups is 1. The van der Waals surface area contributed by atoms with Crippen LogP contribution < -0.4 is 5.32 Å². The average molecular weight is 582 g/mol. The van der Waals surface area contributed by atoms with Crippen molar-refractivity contribution in [1.29, 1.82) is 0 Å². The first-order chi connectivity index (χ1) is 20.4. The molecule has 0 fully saturated rings. The number of nitrogens with one attached hydrogen (secondary N) is 1. The molecule has 4 aromatic rings. The lowest BCUT2D eigenvalue weighted by molar-refractivity contribution is -0.148. The fourth-order valence-electron chi connectivity index (χ4n) is 4.53. The van der Waals surface area contributed by atoms with Crippen LogP contribution in [0.4, 0.5) is 0 Å². The van der Waals surface area contributed by atoms with Gasteiger partial charge in [0.2, 0.25) is 5.91 Å². The second-order valence-corrected chi connectivity index (χ2v) is 11.9. The Kier molecular flexibility index (Phi) is 11.2. The standard InChI is InChI=1S/C35H35NO5S/c37-34(41-27-30-17-9-3-10-18-30)26-31(25-29-15-7-2-8-16-29)35(38)36-32(22-21-28-13-5-1-6-14-28)23-24-42(39,40)33-19-11-4-12-20-33/h1-20,23-24,31-32H,21-22,25-27H2,(H,36,38)/b24-23+/t31?,32-/m0/s1. The number of rotatable bonds is 14. The second kappa shape index (κ2) is 15.5. The van der Waals surface area contributed by atoms with Crippen LogP contribution in [0.1, 0.15) is 29.5 Å². The maximum absolute atomic E-state index is 13.7. The van der Waals surface area contributed by atoms with Crippen molar-refractivity contribution in [3.63, 3.8) is 0 Å². The second-order valence-electron chi connectivity index (χ2n) is 10.1. The molecular weight excluding hydrogens is 546 g/mol. The molecule has 216 valence electrons. The van der Waals surface area contributed by atoms with E-state index in [4.69, 9.17) is 4.74 Å². The minimum atomic E-state index is -3.70. The quantitative estimate of drug-likeness (QED) is 0.182. The molecule has 6 nitrogen and oxygen atoms in total. The molecule has 0 saturated carbocycles. The number of ether oxygens (including phenoxy) is 1. The summed E-state index contributed by atoms with van der Waals surface area (Å²) in [5.74, 6) is -1.51. The normalized spacial score (nSPS) is 12.9. The minimum Gasteiger partial charge on any atom is -0.461 e. The van der Waals surface area contributed by atoms with Crippen molar-refractivity contribution >= 4 is 21.7 Å². The van der Waals surface area contributed by atoms with Crippen molar-refractivity contribution in [2.45, 2.75) is 43.2 Å². The number of hydrogen-bond donors (Lipinski definition) is 1. The van der Waals surface area contributed by atoms with Gasteiger partial charge in [-0.1, -0.05) is 115 Å². The molecule has 7 heteroatoms. The third-order valence-electron chi connectivity index (χ3n) is 6.83. The van der Waals surface area contributed by atoms with Crippen LogP contribution in [0, 0.1) is 5.92 Å². The lowest BCUT2D eigenvalue weighted by Crippen LogP contribution is -2.40. The van der Waals surface area contributed by atoms with Crippen molar-refractivity contribution in [3.05, 3.63) is 150 Å². The number of aryl methyl sites for hydroxylation is 1. The van der Waals surface area contributed by atoms with Gasteiger partial charge in [0.05, 0.1) is 17.2 Å². The topological polar surface area (TPSA) is 89.5 Å². The summed E-state index contributed by atoms with van der Waals surface area (Å²) in [5, 5.41) is 4.16. The number of carbonyl (C=O) groups is 2. The smallest absolute Gasteiger partial charge is 0.306 e. The first-order valence-electron chi connectivity index (χ1n) is 13.9. The molecule has 1 amide bonds. The summed E-state index contributed by atoms with van der Waals surface area (Å²) in [4.78, 5) is 26.7. The van der Waals surface area contributed by atoms with Crippen molar-refractivity contribution in [2.24, 2.45) is 5.92 Å². The van der Waals surface area contributed by atoms with Gasteiger partial charge in [0.1, 0.15) is 6.61 Å². The van der Waals surface area contributed by atoms with Gasteiger partial charge in [-0.15, -0.1) is 0 Å². The molecule has 42 heavy (non-hydrogen) atoms. The molecular formula is C35H35NO5S. The van der Waals surface area contributed by atoms with Crippen LogP contribution >= 0.6 is 0 Å². The lowest BCUT2D eigenvalue weighted by Gasteiger charge is -2.21. The molecule has 1 unspecified atom stereocenters. The monoisotopic (exact) mass is 581 g/mol. The van der Waals surface area contributed by atoms with Crippen LogP contribution in [0.2, 0.25) is 0 Å². The highest BCUT2D eigenvalue weighted by Crippen LogP contribution is 2.17. The predicted octanol–water partition coefficient (Wildman–Crippen LogP) is 6.08. The van der Waals surface area contributed by atoms with Gasteiger partial charge in [-0.2, -0.15) is 0 Å². The average Bonchev–Trinajstić information content (AvgIpc) is 3.03. The Morgan fingerprint density at radius 2 is 1.24 bits per heavy atom. The van der Waals surface area contributed by atoms with E-state index in [0.29, 0.717) is 19.3 Å². The van der Waals surface area contributed by atoms with Crippen LogP contribution in [0.25, 0.3) is 0 Å². The molecule has 0 radical (unpaired) electrons. The van der Waals surface area contributed by atoms with Crippen molar-refractivity contribution < 1.29 is 22.7 Å². The number of carbonyl (C=O) groups excluding carboxylic acids is 2. The highest BCUT2D eigenvalue weighted by atomic mass is 32.2. The number of amides is 1. The third kappa shape index (κ3) is 9.85. The molecule has 0 aliphatic carbocycles. The molecule has 0 aromatic heterocycles. The van der Waals surface area contributed by atoms with E-state index in [-0.39, 0.29) is 23.8 Å². The summed E-state index contributed by atoms with van der Waals surface area (Å²) < 4.78 is 31.4. The van der Waals surface area contributed by atoms with E-state index in [1.165, 1.54) is 18.2 Å². The van der Waals surface area contributed by atoms with Gasteiger partial charge in [0.25, 0.3) is 0 Å². The van der Waals surface area contributed by atoms with Gasteiger partial charge in [-0.05, 0) is 48.1 Å². The van der Waals surface area contributed by atoms with E-state index in [0.717, 1.165) is 22.1 Å². The van der Waals surface area contributed by atoms with Crippen LogP contribution in [-0.2, 0) is 43.6 Å². The molecule has 0 aliphatic heterocycles. The van der Waals surface area contributed by atoms with E-state index in [9.17, 15) is 18.0 Å². The number of esters is 1. The fraction of sp³-hybridized carbons (Fsp3) is 0.200. The maximum atomic E-state index is 13.7. The minimum absolute atomic E-state index is 0.106. The van der Waals surface area contributed by atoms with Gasteiger partial charge in [-0.25, -0.2) is 8.42 Å². The summed E-state index contributed by atoms with van der Waals surface area (Å²) in [7, 11) is -3.70. The first kappa shape index (κ1) is 30.5. The largest absolute Gasteiger partial charge is 0.461 e. The van der Waals surface area contributed by atoms with Crippen molar-refractivity contribution in [2.75, 3.05) is 0 Å². The van der Waals surface area contributed by atoms with Crippen molar-refractivity contribution in [1.82, 2.24) is 5.32 Å². The summed E-state index contributed by atoms with van der Waals surface area (Å²) >= 11 is 0. The Bertz CT molecular complexity index is 1540. The van der Waals surface area contributed by atoms with Crippen molar-refractivity contribution in [3.8, 4) is 0 Å². The van der Waals surface area contributed by atoms with E-state index in [1.807, 2.05) is 91.0 Å². The van der Waals surface area contributed by atoms with Crippen LogP contribution in [0.3, 0.4) is 0 Å². The van der Waals surface area contributed by atoms with Gasteiger partial charge >= 0.3 is 5.97 Å². The van der Waals surface area contributed by atoms with Crippen LogP contribution in [-0.4, -0.2) is 26.3 Å². The molecule has 0 saturated heterocycles. The van der Waals surface area contributed by atoms with Gasteiger partial charge < -0.3 is 10.1 Å². The predicted molar refractivity (Wildman–Crippen MR) is 164 cm³/mol.